The number of benzene rings is 2. The lowest BCUT2D eigenvalue weighted by Gasteiger charge is -2.26. The highest BCUT2D eigenvalue weighted by Gasteiger charge is 2.21. The summed E-state index contributed by atoms with van der Waals surface area (Å²) in [6.07, 6.45) is 1.84. The number of hydrogen-bond acceptors (Lipinski definition) is 2. The summed E-state index contributed by atoms with van der Waals surface area (Å²) in [6.45, 7) is 2.76. The number of carbonyl (C=O) groups is 1. The second-order valence-electron chi connectivity index (χ2n) is 5.80. The van der Waals surface area contributed by atoms with Crippen LogP contribution in [-0.4, -0.2) is 18.3 Å². The van der Waals surface area contributed by atoms with Crippen molar-refractivity contribution in [3.05, 3.63) is 65.2 Å². The summed E-state index contributed by atoms with van der Waals surface area (Å²) in [6, 6.07) is 16.7. The Morgan fingerprint density at radius 2 is 1.96 bits per heavy atom. The smallest absolute Gasteiger partial charge is 0.315 e. The van der Waals surface area contributed by atoms with E-state index >= 15 is 0 Å². The molecule has 3 rings (SSSR count). The van der Waals surface area contributed by atoms with Crippen LogP contribution in [-0.2, 0) is 6.42 Å². The Labute approximate surface area is 141 Å². The van der Waals surface area contributed by atoms with Gasteiger partial charge >= 0.3 is 6.03 Å². The highest BCUT2D eigenvalue weighted by molar-refractivity contribution is 7.99. The van der Waals surface area contributed by atoms with Gasteiger partial charge < -0.3 is 10.6 Å². The van der Waals surface area contributed by atoms with Crippen molar-refractivity contribution in [2.45, 2.75) is 30.7 Å². The zero-order valence-corrected chi connectivity index (χ0v) is 14.2. The molecule has 1 aliphatic heterocycles. The van der Waals surface area contributed by atoms with Gasteiger partial charge in [-0.05, 0) is 42.5 Å². The van der Waals surface area contributed by atoms with Gasteiger partial charge in [0.25, 0.3) is 0 Å². The molecule has 2 N–H and O–H groups in total. The normalized spacial score (nSPS) is 16.5. The van der Waals surface area contributed by atoms with Crippen molar-refractivity contribution in [2.75, 3.05) is 12.3 Å². The van der Waals surface area contributed by atoms with Crippen LogP contribution in [0.5, 0.6) is 0 Å². The largest absolute Gasteiger partial charge is 0.338 e. The maximum atomic E-state index is 12.2. The van der Waals surface area contributed by atoms with Crippen LogP contribution in [0.4, 0.5) is 4.79 Å². The second-order valence-corrected chi connectivity index (χ2v) is 6.94. The third kappa shape index (κ3) is 4.08. The first-order valence-electron chi connectivity index (χ1n) is 8.04. The van der Waals surface area contributed by atoms with Crippen molar-refractivity contribution in [2.24, 2.45) is 0 Å². The van der Waals surface area contributed by atoms with E-state index in [2.05, 4.69) is 47.9 Å². The molecule has 0 aromatic heterocycles. The average Bonchev–Trinajstić information content (AvgIpc) is 2.57. The zero-order chi connectivity index (χ0) is 16.1. The minimum absolute atomic E-state index is 0.0784. The molecule has 4 heteroatoms. The van der Waals surface area contributed by atoms with Gasteiger partial charge in [0.15, 0.2) is 0 Å². The van der Waals surface area contributed by atoms with Crippen LogP contribution in [0.3, 0.4) is 0 Å². The molecule has 0 aliphatic carbocycles. The fraction of sp³-hybridized carbons (Fsp3) is 0.316. The minimum Gasteiger partial charge on any atom is -0.338 e. The molecule has 0 fully saturated rings. The van der Waals surface area contributed by atoms with E-state index in [0.29, 0.717) is 6.54 Å². The van der Waals surface area contributed by atoms with Gasteiger partial charge in [0.05, 0.1) is 6.04 Å². The summed E-state index contributed by atoms with van der Waals surface area (Å²) in [5.41, 5.74) is 3.79. The van der Waals surface area contributed by atoms with Crippen molar-refractivity contribution in [1.29, 1.82) is 0 Å². The predicted molar refractivity (Wildman–Crippen MR) is 95.9 cm³/mol. The van der Waals surface area contributed by atoms with Crippen molar-refractivity contribution in [3.63, 3.8) is 0 Å². The molecular weight excluding hydrogens is 304 g/mol. The van der Waals surface area contributed by atoms with Gasteiger partial charge in [-0.3, -0.25) is 0 Å². The third-order valence-corrected chi connectivity index (χ3v) is 5.33. The van der Waals surface area contributed by atoms with Crippen LogP contribution < -0.4 is 10.6 Å². The van der Waals surface area contributed by atoms with E-state index < -0.39 is 0 Å². The van der Waals surface area contributed by atoms with Crippen molar-refractivity contribution in [3.8, 4) is 0 Å². The zero-order valence-electron chi connectivity index (χ0n) is 13.3. The Balaban J connectivity index is 1.52. The fourth-order valence-corrected chi connectivity index (χ4v) is 4.03. The van der Waals surface area contributed by atoms with Crippen LogP contribution in [0.2, 0.25) is 0 Å². The molecule has 1 heterocycles. The van der Waals surface area contributed by atoms with Gasteiger partial charge in [-0.1, -0.05) is 42.5 Å². The number of thioether (sulfide) groups is 1. The first-order chi connectivity index (χ1) is 11.2. The molecule has 23 heavy (non-hydrogen) atoms. The molecule has 2 aromatic carbocycles. The van der Waals surface area contributed by atoms with Crippen LogP contribution in [0.15, 0.2) is 53.4 Å². The van der Waals surface area contributed by atoms with E-state index in [1.165, 1.54) is 21.6 Å². The topological polar surface area (TPSA) is 41.1 Å². The standard InChI is InChI=1S/C19H22N2OS/c1-14-6-2-3-7-15(14)10-12-20-19(22)21-17-11-13-23-18-9-5-4-8-16(17)18/h2-9,17H,10-13H2,1H3,(H2,20,21,22)/t17-/m0/s1. The van der Waals surface area contributed by atoms with E-state index in [9.17, 15) is 4.79 Å². The molecule has 0 spiro atoms. The van der Waals surface area contributed by atoms with Crippen LogP contribution >= 0.6 is 11.8 Å². The van der Waals surface area contributed by atoms with Crippen molar-refractivity contribution in [1.82, 2.24) is 10.6 Å². The maximum absolute atomic E-state index is 12.2. The van der Waals surface area contributed by atoms with Gasteiger partial charge in [0.1, 0.15) is 0 Å². The van der Waals surface area contributed by atoms with Gasteiger partial charge in [-0.2, -0.15) is 0 Å². The lowest BCUT2D eigenvalue weighted by atomic mass is 10.0. The molecule has 0 saturated heterocycles. The summed E-state index contributed by atoms with van der Waals surface area (Å²) in [7, 11) is 0. The SMILES string of the molecule is Cc1ccccc1CCNC(=O)N[C@H]1CCSc2ccccc21. The van der Waals surface area contributed by atoms with Gasteiger partial charge in [0.2, 0.25) is 0 Å². The number of aryl methyl sites for hydroxylation is 1. The summed E-state index contributed by atoms with van der Waals surface area (Å²) >= 11 is 1.86. The van der Waals surface area contributed by atoms with E-state index in [1.54, 1.807) is 0 Å². The molecule has 2 amide bonds. The number of urea groups is 1. The Morgan fingerprint density at radius 1 is 1.17 bits per heavy atom. The van der Waals surface area contributed by atoms with E-state index in [4.69, 9.17) is 0 Å². The molecular formula is C19H22N2OS. The molecule has 0 saturated carbocycles. The predicted octanol–water partition coefficient (Wildman–Crippen LogP) is 4.07. The number of hydrogen-bond donors (Lipinski definition) is 2. The highest BCUT2D eigenvalue weighted by atomic mass is 32.2. The summed E-state index contributed by atoms with van der Waals surface area (Å²) in [4.78, 5) is 13.4. The number of rotatable bonds is 4. The lowest BCUT2D eigenvalue weighted by molar-refractivity contribution is 0.236. The molecule has 120 valence electrons. The Morgan fingerprint density at radius 3 is 2.83 bits per heavy atom. The molecule has 0 radical (unpaired) electrons. The summed E-state index contributed by atoms with van der Waals surface area (Å²) in [5, 5.41) is 6.09. The van der Waals surface area contributed by atoms with Gasteiger partial charge in [-0.25, -0.2) is 4.79 Å². The summed E-state index contributed by atoms with van der Waals surface area (Å²) in [5.74, 6) is 1.05. The molecule has 0 unspecified atom stereocenters. The quantitative estimate of drug-likeness (QED) is 0.889. The fourth-order valence-electron chi connectivity index (χ4n) is 2.90. The van der Waals surface area contributed by atoms with Gasteiger partial charge in [-0.15, -0.1) is 11.8 Å². The molecule has 3 nitrogen and oxygen atoms in total. The first-order valence-corrected chi connectivity index (χ1v) is 9.03. The second kappa shape index (κ2) is 7.55. The molecule has 0 bridgehead atoms. The van der Waals surface area contributed by atoms with Crippen molar-refractivity contribution >= 4 is 17.8 Å². The average molecular weight is 326 g/mol. The monoisotopic (exact) mass is 326 g/mol. The molecule has 1 atom stereocenters. The first kappa shape index (κ1) is 15.9. The van der Waals surface area contributed by atoms with Crippen LogP contribution in [0.1, 0.15) is 29.2 Å². The Kier molecular flexibility index (Phi) is 5.23. The minimum atomic E-state index is -0.0784. The third-order valence-electron chi connectivity index (χ3n) is 4.20. The summed E-state index contributed by atoms with van der Waals surface area (Å²) < 4.78 is 0. The maximum Gasteiger partial charge on any atom is 0.315 e. The lowest BCUT2D eigenvalue weighted by Crippen LogP contribution is -2.39. The Bertz CT molecular complexity index is 687. The van der Waals surface area contributed by atoms with Gasteiger partial charge in [0, 0.05) is 17.2 Å². The van der Waals surface area contributed by atoms with E-state index in [-0.39, 0.29) is 12.1 Å². The molecule has 1 aliphatic rings. The number of nitrogens with one attached hydrogen (secondary N) is 2. The van der Waals surface area contributed by atoms with Crippen molar-refractivity contribution < 1.29 is 4.79 Å². The number of amides is 2. The van der Waals surface area contributed by atoms with Crippen LogP contribution in [0.25, 0.3) is 0 Å². The number of fused-ring (bicyclic) bond motifs is 1. The number of carbonyl (C=O) groups excluding carboxylic acids is 1. The highest BCUT2D eigenvalue weighted by Crippen LogP contribution is 2.35. The van der Waals surface area contributed by atoms with Crippen LogP contribution in [0, 0.1) is 6.92 Å². The van der Waals surface area contributed by atoms with E-state index in [1.807, 2.05) is 30.0 Å². The van der Waals surface area contributed by atoms with E-state index in [0.717, 1.165) is 18.6 Å². The Hall–Kier alpha value is -1.94. The molecule has 2 aromatic rings.